The average Bonchev–Trinajstić information content (AvgIpc) is 2.77. The molecule has 2 aromatic carbocycles. The second-order valence-electron chi connectivity index (χ2n) is 7.44. The Bertz CT molecular complexity index is 1040. The van der Waals surface area contributed by atoms with Crippen molar-refractivity contribution >= 4 is 44.6 Å². The molecular formula is C22H28ClN3O5S. The first-order valence-corrected chi connectivity index (χ1v) is 12.5. The minimum absolute atomic E-state index is 0.257. The Balaban J connectivity index is 1.81. The monoisotopic (exact) mass is 481 g/mol. The van der Waals surface area contributed by atoms with E-state index in [1.807, 2.05) is 24.3 Å². The van der Waals surface area contributed by atoms with Crippen LogP contribution in [-0.2, 0) is 19.6 Å². The molecule has 1 aliphatic heterocycles. The molecule has 1 amide bonds. The van der Waals surface area contributed by atoms with Crippen LogP contribution in [0.15, 0.2) is 42.5 Å². The Morgan fingerprint density at radius 3 is 2.41 bits per heavy atom. The third-order valence-electron chi connectivity index (χ3n) is 5.23. The number of ether oxygens (including phenoxy) is 2. The van der Waals surface area contributed by atoms with Gasteiger partial charge in [-0.25, -0.2) is 8.42 Å². The van der Waals surface area contributed by atoms with Crippen LogP contribution in [0.1, 0.15) is 13.3 Å². The first-order chi connectivity index (χ1) is 15.2. The Labute approximate surface area is 194 Å². The van der Waals surface area contributed by atoms with Crippen LogP contribution in [0.5, 0.6) is 5.75 Å². The molecule has 0 aliphatic carbocycles. The van der Waals surface area contributed by atoms with Crippen LogP contribution in [0.25, 0.3) is 0 Å². The summed E-state index contributed by atoms with van der Waals surface area (Å²) < 4.78 is 36.9. The van der Waals surface area contributed by atoms with Crippen LogP contribution in [0.4, 0.5) is 17.1 Å². The fraction of sp³-hybridized carbons (Fsp3) is 0.409. The standard InChI is InChI=1S/C22H28ClN3O5S/c1-4-20(26(32(3,28)29)18-9-10-21(30-2)19(23)15-18)22(27)24-16-5-7-17(8-6-16)25-11-13-31-14-12-25/h5-10,15,20H,4,11-14H2,1-3H3,(H,24,27)/t20-/m0/s1. The molecule has 1 heterocycles. The summed E-state index contributed by atoms with van der Waals surface area (Å²) in [7, 11) is -2.30. The van der Waals surface area contributed by atoms with Gasteiger partial charge in [-0.05, 0) is 48.9 Å². The van der Waals surface area contributed by atoms with Crippen LogP contribution in [0, 0.1) is 0 Å². The van der Waals surface area contributed by atoms with Crippen molar-refractivity contribution in [2.75, 3.05) is 54.2 Å². The molecule has 0 saturated carbocycles. The van der Waals surface area contributed by atoms with Gasteiger partial charge in [0.25, 0.3) is 0 Å². The molecule has 0 radical (unpaired) electrons. The third-order valence-corrected chi connectivity index (χ3v) is 6.71. The lowest BCUT2D eigenvalue weighted by Crippen LogP contribution is -2.47. The van der Waals surface area contributed by atoms with Gasteiger partial charge in [-0.3, -0.25) is 9.10 Å². The zero-order chi connectivity index (χ0) is 23.3. The lowest BCUT2D eigenvalue weighted by atomic mass is 10.1. The molecule has 1 atom stereocenters. The second kappa shape index (κ2) is 10.4. The Morgan fingerprint density at radius 2 is 1.88 bits per heavy atom. The molecule has 1 aliphatic rings. The fourth-order valence-corrected chi connectivity index (χ4v) is 5.11. The van der Waals surface area contributed by atoms with Gasteiger partial charge in [0, 0.05) is 24.5 Å². The zero-order valence-electron chi connectivity index (χ0n) is 18.4. The average molecular weight is 482 g/mol. The molecule has 3 rings (SSSR count). The maximum Gasteiger partial charge on any atom is 0.248 e. The normalized spacial score (nSPS) is 15.2. The van der Waals surface area contributed by atoms with Crippen molar-refractivity contribution in [1.29, 1.82) is 0 Å². The Hall–Kier alpha value is -2.49. The van der Waals surface area contributed by atoms with E-state index in [-0.39, 0.29) is 11.4 Å². The summed E-state index contributed by atoms with van der Waals surface area (Å²) in [5.41, 5.74) is 1.93. The van der Waals surface area contributed by atoms with Gasteiger partial charge < -0.3 is 19.7 Å². The second-order valence-corrected chi connectivity index (χ2v) is 9.70. The summed E-state index contributed by atoms with van der Waals surface area (Å²) in [6.07, 6.45) is 1.34. The molecule has 1 saturated heterocycles. The number of morpholine rings is 1. The molecule has 8 nitrogen and oxygen atoms in total. The number of anilines is 3. The van der Waals surface area contributed by atoms with Crippen LogP contribution in [0.3, 0.4) is 0 Å². The highest BCUT2D eigenvalue weighted by Crippen LogP contribution is 2.32. The molecule has 0 unspecified atom stereocenters. The SMILES string of the molecule is CC[C@@H](C(=O)Nc1ccc(N2CCOCC2)cc1)N(c1ccc(OC)c(Cl)c1)S(C)(=O)=O. The molecule has 10 heteroatoms. The quantitative estimate of drug-likeness (QED) is 0.622. The van der Waals surface area contributed by atoms with Gasteiger partial charge in [0.15, 0.2) is 0 Å². The maximum atomic E-state index is 13.1. The highest BCUT2D eigenvalue weighted by atomic mass is 35.5. The minimum Gasteiger partial charge on any atom is -0.495 e. The first kappa shape index (κ1) is 24.2. The Morgan fingerprint density at radius 1 is 1.22 bits per heavy atom. The number of amides is 1. The highest BCUT2D eigenvalue weighted by Gasteiger charge is 2.32. The van der Waals surface area contributed by atoms with Gasteiger partial charge in [-0.2, -0.15) is 0 Å². The van der Waals surface area contributed by atoms with E-state index in [1.54, 1.807) is 19.1 Å². The summed E-state index contributed by atoms with van der Waals surface area (Å²) in [5, 5.41) is 3.09. The number of hydrogen-bond donors (Lipinski definition) is 1. The van der Waals surface area contributed by atoms with Gasteiger partial charge >= 0.3 is 0 Å². The topological polar surface area (TPSA) is 88.2 Å². The van der Waals surface area contributed by atoms with Crippen molar-refractivity contribution in [1.82, 2.24) is 0 Å². The van der Waals surface area contributed by atoms with Gasteiger partial charge in [-0.15, -0.1) is 0 Å². The van der Waals surface area contributed by atoms with Crippen molar-refractivity contribution < 1.29 is 22.7 Å². The van der Waals surface area contributed by atoms with E-state index in [1.165, 1.54) is 13.2 Å². The number of sulfonamides is 1. The number of carbonyl (C=O) groups is 1. The van der Waals surface area contributed by atoms with Crippen molar-refractivity contribution in [2.24, 2.45) is 0 Å². The molecule has 174 valence electrons. The van der Waals surface area contributed by atoms with Gasteiger partial charge in [0.05, 0.1) is 37.3 Å². The summed E-state index contributed by atoms with van der Waals surface area (Å²) in [6, 6.07) is 11.2. The number of hydrogen-bond acceptors (Lipinski definition) is 6. The zero-order valence-corrected chi connectivity index (χ0v) is 19.9. The van der Waals surface area contributed by atoms with Gasteiger partial charge in [0.2, 0.25) is 15.9 Å². The number of carbonyl (C=O) groups excluding carboxylic acids is 1. The lowest BCUT2D eigenvalue weighted by Gasteiger charge is -2.30. The molecule has 1 fully saturated rings. The number of halogens is 1. The van der Waals surface area contributed by atoms with Crippen LogP contribution in [0.2, 0.25) is 5.02 Å². The van der Waals surface area contributed by atoms with Crippen molar-refractivity contribution in [3.8, 4) is 5.75 Å². The Kier molecular flexibility index (Phi) is 7.86. The van der Waals surface area contributed by atoms with Crippen LogP contribution < -0.4 is 19.3 Å². The minimum atomic E-state index is -3.77. The molecule has 1 N–H and O–H groups in total. The summed E-state index contributed by atoms with van der Waals surface area (Å²) in [4.78, 5) is 15.3. The molecule has 32 heavy (non-hydrogen) atoms. The summed E-state index contributed by atoms with van der Waals surface area (Å²) in [5.74, 6) is -0.00860. The number of methoxy groups -OCH3 is 1. The predicted octanol–water partition coefficient (Wildman–Crippen LogP) is 3.37. The van der Waals surface area contributed by atoms with Crippen LogP contribution in [-0.4, -0.2) is 60.0 Å². The number of nitrogens with zero attached hydrogens (tertiary/aromatic N) is 2. The highest BCUT2D eigenvalue weighted by molar-refractivity contribution is 7.92. The number of rotatable bonds is 8. The van der Waals surface area contributed by atoms with E-state index >= 15 is 0 Å². The number of nitrogens with one attached hydrogen (secondary N) is 1. The molecule has 0 spiro atoms. The van der Waals surface area contributed by atoms with E-state index in [9.17, 15) is 13.2 Å². The fourth-order valence-electron chi connectivity index (χ4n) is 3.66. The summed E-state index contributed by atoms with van der Waals surface area (Å²) in [6.45, 7) is 4.77. The van der Waals surface area contributed by atoms with E-state index in [2.05, 4.69) is 10.2 Å². The van der Waals surface area contributed by atoms with Gasteiger partial charge in [0.1, 0.15) is 11.8 Å². The van der Waals surface area contributed by atoms with Crippen molar-refractivity contribution in [3.63, 3.8) is 0 Å². The predicted molar refractivity (Wildman–Crippen MR) is 128 cm³/mol. The lowest BCUT2D eigenvalue weighted by molar-refractivity contribution is -0.117. The maximum absolute atomic E-state index is 13.1. The van der Waals surface area contributed by atoms with E-state index < -0.39 is 22.0 Å². The van der Waals surface area contributed by atoms with E-state index in [0.29, 0.717) is 30.3 Å². The van der Waals surface area contributed by atoms with Gasteiger partial charge in [-0.1, -0.05) is 18.5 Å². The first-order valence-electron chi connectivity index (χ1n) is 10.3. The smallest absolute Gasteiger partial charge is 0.248 e. The number of benzene rings is 2. The largest absolute Gasteiger partial charge is 0.495 e. The molecular weight excluding hydrogens is 454 g/mol. The molecule has 0 bridgehead atoms. The third kappa shape index (κ3) is 5.65. The van der Waals surface area contributed by atoms with E-state index in [4.69, 9.17) is 21.1 Å². The summed E-state index contributed by atoms with van der Waals surface area (Å²) >= 11 is 6.20. The molecule has 2 aromatic rings. The van der Waals surface area contributed by atoms with Crippen molar-refractivity contribution in [2.45, 2.75) is 19.4 Å². The van der Waals surface area contributed by atoms with E-state index in [0.717, 1.165) is 29.3 Å². The molecule has 0 aromatic heterocycles. The van der Waals surface area contributed by atoms with Crippen molar-refractivity contribution in [3.05, 3.63) is 47.5 Å². The van der Waals surface area contributed by atoms with Crippen LogP contribution >= 0.6 is 11.6 Å².